The number of benzene rings is 2. The maximum Gasteiger partial charge on any atom is 0.0615 e. The van der Waals surface area contributed by atoms with E-state index in [0.717, 1.165) is 15.6 Å². The Morgan fingerprint density at radius 2 is 1.19 bits per heavy atom. The Morgan fingerprint density at radius 3 is 1.67 bits per heavy atom. The zero-order chi connectivity index (χ0) is 15.3. The molecular weight excluding hydrogens is 328 g/mol. The number of hydrogen-bond donors (Lipinski definition) is 2. The van der Waals surface area contributed by atoms with Crippen molar-refractivity contribution in [2.45, 2.75) is 0 Å². The van der Waals surface area contributed by atoms with Crippen LogP contribution < -0.4 is 0 Å². The van der Waals surface area contributed by atoms with E-state index in [2.05, 4.69) is 15.9 Å². The second-order valence-corrected chi connectivity index (χ2v) is 5.05. The predicted octanol–water partition coefficient (Wildman–Crippen LogP) is 4.15. The summed E-state index contributed by atoms with van der Waals surface area (Å²) in [5, 5.41) is 16.9. The molecular formula is C18H19BrO2. The molecule has 0 unspecified atom stereocenters. The van der Waals surface area contributed by atoms with Gasteiger partial charge in [-0.15, -0.1) is 0 Å². The minimum Gasteiger partial charge on any atom is -0.392 e. The molecule has 110 valence electrons. The highest BCUT2D eigenvalue weighted by atomic mass is 79.9. The molecule has 2 aromatic carbocycles. The van der Waals surface area contributed by atoms with Crippen molar-refractivity contribution in [1.82, 2.24) is 0 Å². The molecule has 0 amide bonds. The largest absolute Gasteiger partial charge is 0.392 e. The lowest BCUT2D eigenvalue weighted by Crippen LogP contribution is -1.73. The summed E-state index contributed by atoms with van der Waals surface area (Å²) in [6, 6.07) is 17.8. The second kappa shape index (κ2) is 11.0. The standard InChI is InChI=1S/C9H9BrO.C9H10O/c10-9-5-3-8(4-6-9)2-1-7-11;10-8-4-7-9-5-2-1-3-6-9/h1-6,11H,7H2;1-7,10H,8H2/b2-1+;. The summed E-state index contributed by atoms with van der Waals surface area (Å²) in [4.78, 5) is 0. The van der Waals surface area contributed by atoms with E-state index in [4.69, 9.17) is 10.2 Å². The molecule has 3 heteroatoms. The van der Waals surface area contributed by atoms with Gasteiger partial charge in [-0.2, -0.15) is 0 Å². The van der Waals surface area contributed by atoms with Gasteiger partial charge in [-0.05, 0) is 23.3 Å². The fraction of sp³-hybridized carbons (Fsp3) is 0.111. The normalized spacial score (nSPS) is 10.6. The molecule has 0 atom stereocenters. The molecule has 0 radical (unpaired) electrons. The van der Waals surface area contributed by atoms with Crippen molar-refractivity contribution in [3.63, 3.8) is 0 Å². The zero-order valence-electron chi connectivity index (χ0n) is 11.7. The lowest BCUT2D eigenvalue weighted by Gasteiger charge is -1.91. The highest BCUT2D eigenvalue weighted by Gasteiger charge is 1.85. The van der Waals surface area contributed by atoms with Crippen LogP contribution in [-0.2, 0) is 0 Å². The van der Waals surface area contributed by atoms with Crippen LogP contribution in [0, 0.1) is 0 Å². The smallest absolute Gasteiger partial charge is 0.0615 e. The van der Waals surface area contributed by atoms with Gasteiger partial charge in [0.15, 0.2) is 0 Å². The van der Waals surface area contributed by atoms with Crippen molar-refractivity contribution in [2.75, 3.05) is 13.2 Å². The maximum atomic E-state index is 8.49. The minimum absolute atomic E-state index is 0.0933. The Labute approximate surface area is 134 Å². The lowest BCUT2D eigenvalue weighted by molar-refractivity contribution is 0.343. The van der Waals surface area contributed by atoms with Gasteiger partial charge in [-0.3, -0.25) is 0 Å². The Kier molecular flexibility index (Phi) is 9.13. The molecule has 2 nitrogen and oxygen atoms in total. The fourth-order valence-electron chi connectivity index (χ4n) is 1.52. The van der Waals surface area contributed by atoms with E-state index < -0.39 is 0 Å². The van der Waals surface area contributed by atoms with Crippen molar-refractivity contribution in [2.24, 2.45) is 0 Å². The average molecular weight is 347 g/mol. The van der Waals surface area contributed by atoms with Crippen LogP contribution in [0.3, 0.4) is 0 Å². The van der Waals surface area contributed by atoms with Crippen LogP contribution >= 0.6 is 15.9 Å². The third-order valence-corrected chi connectivity index (χ3v) is 3.03. The highest BCUT2D eigenvalue weighted by Crippen LogP contribution is 2.11. The van der Waals surface area contributed by atoms with Gasteiger partial charge in [0.2, 0.25) is 0 Å². The third kappa shape index (κ3) is 8.25. The van der Waals surface area contributed by atoms with Gasteiger partial charge >= 0.3 is 0 Å². The van der Waals surface area contributed by atoms with E-state index in [1.165, 1.54) is 0 Å². The topological polar surface area (TPSA) is 40.5 Å². The van der Waals surface area contributed by atoms with Crippen LogP contribution in [0.1, 0.15) is 11.1 Å². The van der Waals surface area contributed by atoms with Gasteiger partial charge in [-0.1, -0.05) is 82.7 Å². The predicted molar refractivity (Wildman–Crippen MR) is 92.8 cm³/mol. The average Bonchev–Trinajstić information content (AvgIpc) is 2.54. The molecule has 2 rings (SSSR count). The molecule has 0 spiro atoms. The molecule has 0 fully saturated rings. The molecule has 0 bridgehead atoms. The van der Waals surface area contributed by atoms with Crippen LogP contribution in [0.25, 0.3) is 12.2 Å². The summed E-state index contributed by atoms with van der Waals surface area (Å²) in [6.45, 7) is 0.199. The van der Waals surface area contributed by atoms with Gasteiger partial charge in [0, 0.05) is 4.47 Å². The van der Waals surface area contributed by atoms with Crippen molar-refractivity contribution in [1.29, 1.82) is 0 Å². The van der Waals surface area contributed by atoms with E-state index in [1.807, 2.05) is 66.7 Å². The van der Waals surface area contributed by atoms with Crippen LogP contribution in [-0.4, -0.2) is 23.4 Å². The summed E-state index contributed by atoms with van der Waals surface area (Å²) in [5.41, 5.74) is 2.22. The quantitative estimate of drug-likeness (QED) is 0.872. The monoisotopic (exact) mass is 346 g/mol. The van der Waals surface area contributed by atoms with Gasteiger partial charge in [-0.25, -0.2) is 0 Å². The van der Waals surface area contributed by atoms with Crippen LogP contribution in [0.2, 0.25) is 0 Å². The van der Waals surface area contributed by atoms with Gasteiger partial charge in [0.25, 0.3) is 0 Å². The van der Waals surface area contributed by atoms with Crippen LogP contribution in [0.4, 0.5) is 0 Å². The summed E-state index contributed by atoms with van der Waals surface area (Å²) >= 11 is 3.34. The van der Waals surface area contributed by atoms with E-state index in [9.17, 15) is 0 Å². The molecule has 0 saturated carbocycles. The van der Waals surface area contributed by atoms with Crippen molar-refractivity contribution >= 4 is 28.1 Å². The molecule has 0 saturated heterocycles. The maximum absolute atomic E-state index is 8.49. The lowest BCUT2D eigenvalue weighted by atomic mass is 10.2. The van der Waals surface area contributed by atoms with Crippen molar-refractivity contribution < 1.29 is 10.2 Å². The van der Waals surface area contributed by atoms with Gasteiger partial charge in [0.1, 0.15) is 0 Å². The first-order valence-corrected chi connectivity index (χ1v) is 7.41. The van der Waals surface area contributed by atoms with E-state index in [0.29, 0.717) is 0 Å². The van der Waals surface area contributed by atoms with Gasteiger partial charge in [0.05, 0.1) is 13.2 Å². The fourth-order valence-corrected chi connectivity index (χ4v) is 1.78. The zero-order valence-corrected chi connectivity index (χ0v) is 13.3. The number of halogens is 1. The highest BCUT2D eigenvalue weighted by molar-refractivity contribution is 9.10. The number of aliphatic hydroxyl groups is 2. The second-order valence-electron chi connectivity index (χ2n) is 4.13. The van der Waals surface area contributed by atoms with Crippen LogP contribution in [0.15, 0.2) is 71.2 Å². The van der Waals surface area contributed by atoms with E-state index in [-0.39, 0.29) is 13.2 Å². The number of hydrogen-bond acceptors (Lipinski definition) is 2. The molecule has 0 aliphatic carbocycles. The third-order valence-electron chi connectivity index (χ3n) is 2.50. The number of aliphatic hydroxyl groups excluding tert-OH is 2. The first kappa shape index (κ1) is 17.4. The van der Waals surface area contributed by atoms with Crippen molar-refractivity contribution in [3.8, 4) is 0 Å². The molecule has 2 aromatic rings. The molecule has 0 heterocycles. The molecule has 21 heavy (non-hydrogen) atoms. The first-order chi connectivity index (χ1) is 10.3. The Morgan fingerprint density at radius 1 is 0.714 bits per heavy atom. The summed E-state index contributed by atoms with van der Waals surface area (Å²) < 4.78 is 1.07. The number of rotatable bonds is 4. The summed E-state index contributed by atoms with van der Waals surface area (Å²) in [5.74, 6) is 0. The Hall–Kier alpha value is -1.68. The van der Waals surface area contributed by atoms with Crippen LogP contribution in [0.5, 0.6) is 0 Å². The molecule has 0 aliphatic heterocycles. The first-order valence-electron chi connectivity index (χ1n) is 6.61. The van der Waals surface area contributed by atoms with Gasteiger partial charge < -0.3 is 10.2 Å². The molecule has 2 N–H and O–H groups in total. The minimum atomic E-state index is 0.0933. The van der Waals surface area contributed by atoms with E-state index >= 15 is 0 Å². The molecule has 0 aromatic heterocycles. The summed E-state index contributed by atoms with van der Waals surface area (Å²) in [6.07, 6.45) is 7.20. The van der Waals surface area contributed by atoms with Crippen molar-refractivity contribution in [3.05, 3.63) is 82.3 Å². The SMILES string of the molecule is OC/C=C/c1ccc(Br)cc1.OCC=Cc1ccccc1. The Bertz CT molecular complexity index is 545. The Balaban J connectivity index is 0.000000211. The summed E-state index contributed by atoms with van der Waals surface area (Å²) in [7, 11) is 0. The van der Waals surface area contributed by atoms with E-state index in [1.54, 1.807) is 12.2 Å². The molecule has 0 aliphatic rings.